The first kappa shape index (κ1) is 15.2. The minimum absolute atomic E-state index is 0.671. The van der Waals surface area contributed by atoms with Gasteiger partial charge in [-0.15, -0.1) is 0 Å². The van der Waals surface area contributed by atoms with Crippen LogP contribution in [0.25, 0.3) is 11.6 Å². The van der Waals surface area contributed by atoms with Crippen molar-refractivity contribution in [2.24, 2.45) is 0 Å². The molecular weight excluding hydrogens is 304 g/mol. The van der Waals surface area contributed by atoms with Crippen LogP contribution < -0.4 is 5.32 Å². The summed E-state index contributed by atoms with van der Waals surface area (Å²) in [5.41, 5.74) is 8.17. The van der Waals surface area contributed by atoms with Crippen LogP contribution in [0.4, 0.5) is 11.4 Å². The van der Waals surface area contributed by atoms with Gasteiger partial charge >= 0.3 is 0 Å². The third-order valence-corrected chi connectivity index (χ3v) is 4.58. The Labute approximate surface area is 148 Å². The Kier molecular flexibility index (Phi) is 4.06. The third kappa shape index (κ3) is 3.32. The number of fused-ring (bicyclic) bond motifs is 1. The Hall–Kier alpha value is -3.31. The maximum absolute atomic E-state index is 8.85. The van der Waals surface area contributed by atoms with E-state index in [1.54, 1.807) is 0 Å². The minimum atomic E-state index is 0.671. The van der Waals surface area contributed by atoms with Crippen LogP contribution in [0.5, 0.6) is 0 Å². The molecule has 2 heteroatoms. The van der Waals surface area contributed by atoms with E-state index in [1.165, 1.54) is 22.3 Å². The zero-order valence-electron chi connectivity index (χ0n) is 13.9. The highest BCUT2D eigenvalue weighted by Crippen LogP contribution is 2.33. The number of nitrogens with zero attached hydrogens (tertiary/aromatic N) is 1. The molecular formula is C23H18N2. The lowest BCUT2D eigenvalue weighted by Crippen LogP contribution is -1.90. The summed E-state index contributed by atoms with van der Waals surface area (Å²) in [4.78, 5) is 0. The molecule has 1 aliphatic rings. The third-order valence-electron chi connectivity index (χ3n) is 4.58. The van der Waals surface area contributed by atoms with E-state index in [0.29, 0.717) is 5.56 Å². The number of hydrogen-bond acceptors (Lipinski definition) is 2. The number of nitrogens with one attached hydrogen (secondary N) is 1. The summed E-state index contributed by atoms with van der Waals surface area (Å²) < 4.78 is 0. The average Bonchev–Trinajstić information content (AvgIpc) is 3.07. The molecule has 0 unspecified atom stereocenters. The molecule has 0 saturated carbocycles. The molecule has 25 heavy (non-hydrogen) atoms. The summed E-state index contributed by atoms with van der Waals surface area (Å²) >= 11 is 0. The second-order valence-electron chi connectivity index (χ2n) is 6.26. The van der Waals surface area contributed by atoms with E-state index in [4.69, 9.17) is 5.26 Å². The fraction of sp³-hybridized carbons (Fsp3) is 0.0870. The maximum Gasteiger partial charge on any atom is 0.0991 e. The van der Waals surface area contributed by atoms with Gasteiger partial charge in [-0.3, -0.25) is 0 Å². The molecule has 1 N–H and O–H groups in total. The van der Waals surface area contributed by atoms with Gasteiger partial charge in [0.15, 0.2) is 0 Å². The molecule has 0 bridgehead atoms. The Balaban J connectivity index is 1.51. The first-order chi connectivity index (χ1) is 12.3. The highest BCUT2D eigenvalue weighted by Gasteiger charge is 2.14. The van der Waals surface area contributed by atoms with Crippen LogP contribution in [-0.2, 0) is 6.42 Å². The van der Waals surface area contributed by atoms with E-state index in [9.17, 15) is 0 Å². The van der Waals surface area contributed by atoms with Crippen LogP contribution in [-0.4, -0.2) is 0 Å². The highest BCUT2D eigenvalue weighted by molar-refractivity contribution is 5.85. The molecule has 0 fully saturated rings. The van der Waals surface area contributed by atoms with E-state index >= 15 is 0 Å². The number of aryl methyl sites for hydroxylation is 1. The van der Waals surface area contributed by atoms with Crippen molar-refractivity contribution >= 4 is 23.0 Å². The molecule has 0 saturated heterocycles. The van der Waals surface area contributed by atoms with Gasteiger partial charge in [0.1, 0.15) is 0 Å². The van der Waals surface area contributed by atoms with Gasteiger partial charge in [-0.2, -0.15) is 5.26 Å². The standard InChI is InChI=1S/C23H18N2/c24-16-18-7-13-22(14-8-18)25-21-11-5-17(6-12-21)15-20-10-9-19-3-1-2-4-23(19)20/h1-8,11-15,25H,9-10H2/b20-15+. The van der Waals surface area contributed by atoms with Gasteiger partial charge in [0.25, 0.3) is 0 Å². The second-order valence-corrected chi connectivity index (χ2v) is 6.26. The van der Waals surface area contributed by atoms with Crippen molar-refractivity contribution in [3.8, 4) is 6.07 Å². The number of benzene rings is 3. The smallest absolute Gasteiger partial charge is 0.0991 e. The zero-order chi connectivity index (χ0) is 17.1. The fourth-order valence-corrected chi connectivity index (χ4v) is 3.26. The van der Waals surface area contributed by atoms with Crippen molar-refractivity contribution in [1.29, 1.82) is 5.26 Å². The van der Waals surface area contributed by atoms with Crippen LogP contribution in [0.3, 0.4) is 0 Å². The van der Waals surface area contributed by atoms with Crippen molar-refractivity contribution in [2.45, 2.75) is 12.8 Å². The van der Waals surface area contributed by atoms with Gasteiger partial charge in [-0.1, -0.05) is 42.5 Å². The summed E-state index contributed by atoms with van der Waals surface area (Å²) in [5.74, 6) is 0. The van der Waals surface area contributed by atoms with Crippen molar-refractivity contribution in [3.63, 3.8) is 0 Å². The molecule has 0 aromatic heterocycles. The first-order valence-electron chi connectivity index (χ1n) is 8.48. The van der Waals surface area contributed by atoms with E-state index in [2.05, 4.69) is 66.0 Å². The first-order valence-corrected chi connectivity index (χ1v) is 8.48. The lowest BCUT2D eigenvalue weighted by molar-refractivity contribution is 1.08. The molecule has 120 valence electrons. The molecule has 4 rings (SSSR count). The van der Waals surface area contributed by atoms with E-state index in [0.717, 1.165) is 24.2 Å². The van der Waals surface area contributed by atoms with Crippen LogP contribution in [0.15, 0.2) is 72.8 Å². The largest absolute Gasteiger partial charge is 0.356 e. The lowest BCUT2D eigenvalue weighted by atomic mass is 10.0. The van der Waals surface area contributed by atoms with Gasteiger partial charge < -0.3 is 5.32 Å². The summed E-state index contributed by atoms with van der Waals surface area (Å²) in [7, 11) is 0. The van der Waals surface area contributed by atoms with Gasteiger partial charge in [0.05, 0.1) is 11.6 Å². The SMILES string of the molecule is N#Cc1ccc(Nc2ccc(/C=C3\CCc4ccccc43)cc2)cc1. The van der Waals surface area contributed by atoms with Crippen LogP contribution in [0, 0.1) is 11.3 Å². The average molecular weight is 322 g/mol. The second kappa shape index (κ2) is 6.67. The molecule has 2 nitrogen and oxygen atoms in total. The molecule has 3 aromatic carbocycles. The molecule has 3 aromatic rings. The van der Waals surface area contributed by atoms with E-state index in [-0.39, 0.29) is 0 Å². The minimum Gasteiger partial charge on any atom is -0.356 e. The number of anilines is 2. The van der Waals surface area contributed by atoms with Gasteiger partial charge in [0, 0.05) is 11.4 Å². The summed E-state index contributed by atoms with van der Waals surface area (Å²) in [6.45, 7) is 0. The quantitative estimate of drug-likeness (QED) is 0.662. The van der Waals surface area contributed by atoms with E-state index < -0.39 is 0 Å². The molecule has 1 aliphatic carbocycles. The lowest BCUT2D eigenvalue weighted by Gasteiger charge is -2.07. The predicted molar refractivity (Wildman–Crippen MR) is 104 cm³/mol. The van der Waals surface area contributed by atoms with Crippen molar-refractivity contribution in [2.75, 3.05) is 5.32 Å². The molecule has 0 spiro atoms. The normalized spacial score (nSPS) is 14.1. The van der Waals surface area contributed by atoms with Crippen molar-refractivity contribution < 1.29 is 0 Å². The summed E-state index contributed by atoms with van der Waals surface area (Å²) in [5, 5.41) is 12.2. The Morgan fingerprint density at radius 1 is 0.800 bits per heavy atom. The van der Waals surface area contributed by atoms with Crippen molar-refractivity contribution in [3.05, 3.63) is 95.1 Å². The Morgan fingerprint density at radius 2 is 1.48 bits per heavy atom. The molecule has 0 aliphatic heterocycles. The highest BCUT2D eigenvalue weighted by atomic mass is 14.9. The number of hydrogen-bond donors (Lipinski definition) is 1. The topological polar surface area (TPSA) is 35.8 Å². The van der Waals surface area contributed by atoms with Gasteiger partial charge in [-0.05, 0) is 71.5 Å². The molecule has 0 amide bonds. The van der Waals surface area contributed by atoms with Gasteiger partial charge in [0.2, 0.25) is 0 Å². The Bertz CT molecular complexity index is 958. The summed E-state index contributed by atoms with van der Waals surface area (Å²) in [6.07, 6.45) is 4.54. The van der Waals surface area contributed by atoms with Gasteiger partial charge in [-0.25, -0.2) is 0 Å². The molecule has 0 atom stereocenters. The predicted octanol–water partition coefficient (Wildman–Crippen LogP) is 5.79. The van der Waals surface area contributed by atoms with Crippen molar-refractivity contribution in [1.82, 2.24) is 0 Å². The molecule has 0 radical (unpaired) electrons. The van der Waals surface area contributed by atoms with Crippen LogP contribution >= 0.6 is 0 Å². The number of rotatable bonds is 3. The number of nitriles is 1. The van der Waals surface area contributed by atoms with E-state index in [1.807, 2.05) is 24.3 Å². The Morgan fingerprint density at radius 3 is 2.20 bits per heavy atom. The monoisotopic (exact) mass is 322 g/mol. The van der Waals surface area contributed by atoms with Crippen LogP contribution in [0.2, 0.25) is 0 Å². The van der Waals surface area contributed by atoms with Crippen LogP contribution in [0.1, 0.15) is 28.7 Å². The number of allylic oxidation sites excluding steroid dienone is 1. The fourth-order valence-electron chi connectivity index (χ4n) is 3.26. The summed E-state index contributed by atoms with van der Waals surface area (Å²) in [6, 6.07) is 26.7. The zero-order valence-corrected chi connectivity index (χ0v) is 13.9. The maximum atomic E-state index is 8.85. The molecule has 0 heterocycles.